The van der Waals surface area contributed by atoms with Crippen molar-refractivity contribution < 1.29 is 13.6 Å². The second kappa shape index (κ2) is 9.10. The average Bonchev–Trinajstić information content (AvgIpc) is 3.28. The van der Waals surface area contributed by atoms with Gasteiger partial charge in [0.15, 0.2) is 11.5 Å². The highest BCUT2D eigenvalue weighted by Crippen LogP contribution is 2.25. The average molecular weight is 454 g/mol. The number of halogens is 2. The van der Waals surface area contributed by atoms with Crippen molar-refractivity contribution in [1.82, 2.24) is 34.8 Å². The number of alkyl halides is 2. The fraction of sp³-hybridized carbons (Fsp3) is 0.238. The molecule has 0 aliphatic carbocycles. The Balaban J connectivity index is 1.41. The Hall–Kier alpha value is -4.22. The van der Waals surface area contributed by atoms with E-state index in [4.69, 9.17) is 0 Å². The minimum atomic E-state index is -3.31. The molecule has 4 heterocycles. The first-order valence-electron chi connectivity index (χ1n) is 9.98. The summed E-state index contributed by atoms with van der Waals surface area (Å²) in [6, 6.07) is 6.00. The molecule has 0 radical (unpaired) electrons. The number of pyridine rings is 2. The number of hydrogen-bond donors (Lipinski definition) is 3. The van der Waals surface area contributed by atoms with Crippen molar-refractivity contribution in [2.45, 2.75) is 25.9 Å². The molecule has 0 saturated carbocycles. The van der Waals surface area contributed by atoms with Crippen LogP contribution in [0.1, 0.15) is 17.0 Å². The topological polar surface area (TPSA) is 130 Å². The molecular formula is C21H20F2N8O2. The summed E-state index contributed by atoms with van der Waals surface area (Å²) in [5.74, 6) is -4.02. The maximum absolute atomic E-state index is 14.4. The van der Waals surface area contributed by atoms with Crippen LogP contribution in [0.3, 0.4) is 0 Å². The monoisotopic (exact) mass is 454 g/mol. The first kappa shape index (κ1) is 22.0. The van der Waals surface area contributed by atoms with Gasteiger partial charge in [-0.2, -0.15) is 8.78 Å². The van der Waals surface area contributed by atoms with Gasteiger partial charge in [0.2, 0.25) is 5.91 Å². The quantitative estimate of drug-likeness (QED) is 0.370. The van der Waals surface area contributed by atoms with Crippen LogP contribution in [0.2, 0.25) is 0 Å². The lowest BCUT2D eigenvalue weighted by atomic mass is 10.2. The normalized spacial score (nSPS) is 11.5. The van der Waals surface area contributed by atoms with Crippen LogP contribution >= 0.6 is 0 Å². The number of anilines is 1. The zero-order valence-corrected chi connectivity index (χ0v) is 17.5. The molecule has 170 valence electrons. The number of imidazole rings is 1. The van der Waals surface area contributed by atoms with Gasteiger partial charge in [0.25, 0.3) is 5.56 Å². The van der Waals surface area contributed by atoms with Crippen LogP contribution in [-0.4, -0.2) is 41.9 Å². The zero-order chi connectivity index (χ0) is 23.4. The third-order valence-electron chi connectivity index (χ3n) is 4.89. The number of rotatable bonds is 8. The van der Waals surface area contributed by atoms with Gasteiger partial charge in [0.1, 0.15) is 12.2 Å². The Labute approximate surface area is 186 Å². The molecule has 1 amide bonds. The van der Waals surface area contributed by atoms with Gasteiger partial charge in [0, 0.05) is 30.8 Å². The minimum Gasteiger partial charge on any atom is -0.359 e. The highest BCUT2D eigenvalue weighted by molar-refractivity contribution is 5.76. The van der Waals surface area contributed by atoms with E-state index in [1.54, 1.807) is 13.1 Å². The maximum atomic E-state index is 14.4. The Morgan fingerprint density at radius 1 is 1.18 bits per heavy atom. The van der Waals surface area contributed by atoms with Crippen molar-refractivity contribution >= 4 is 22.9 Å². The van der Waals surface area contributed by atoms with Crippen molar-refractivity contribution in [3.8, 4) is 0 Å². The van der Waals surface area contributed by atoms with Crippen molar-refractivity contribution in [3.05, 3.63) is 76.5 Å². The molecule has 0 bridgehead atoms. The molecule has 0 aliphatic heterocycles. The van der Waals surface area contributed by atoms with Gasteiger partial charge in [-0.05, 0) is 30.7 Å². The largest absolute Gasteiger partial charge is 0.359 e. The SMILES string of the molecule is Cc1cnc(NCC(F)(F)c2ccccn2)c(=O)n1CC(=O)NCc1cnc2nc[nH]c2c1. The molecule has 0 aliphatic rings. The molecule has 3 N–H and O–H groups in total. The highest BCUT2D eigenvalue weighted by atomic mass is 19.3. The van der Waals surface area contributed by atoms with E-state index in [2.05, 4.69) is 35.6 Å². The maximum Gasteiger partial charge on any atom is 0.306 e. The Morgan fingerprint density at radius 2 is 2.03 bits per heavy atom. The third kappa shape index (κ3) is 5.00. The molecule has 0 spiro atoms. The first-order chi connectivity index (χ1) is 15.8. The molecule has 33 heavy (non-hydrogen) atoms. The number of nitrogens with zero attached hydrogens (tertiary/aromatic N) is 5. The number of aromatic nitrogens is 6. The van der Waals surface area contributed by atoms with E-state index >= 15 is 0 Å². The fourth-order valence-electron chi connectivity index (χ4n) is 3.12. The molecule has 0 fully saturated rings. The van der Waals surface area contributed by atoms with E-state index < -0.39 is 29.6 Å². The number of fused-ring (bicyclic) bond motifs is 1. The van der Waals surface area contributed by atoms with Crippen molar-refractivity contribution in [2.24, 2.45) is 0 Å². The van der Waals surface area contributed by atoms with E-state index in [-0.39, 0.29) is 18.9 Å². The number of H-pyrrole nitrogens is 1. The zero-order valence-electron chi connectivity index (χ0n) is 17.5. The lowest BCUT2D eigenvalue weighted by molar-refractivity contribution is -0.121. The number of carbonyl (C=O) groups excluding carboxylic acids is 1. The van der Waals surface area contributed by atoms with E-state index in [0.29, 0.717) is 11.3 Å². The summed E-state index contributed by atoms with van der Waals surface area (Å²) in [5.41, 5.74) is 1.37. The molecule has 4 rings (SSSR count). The molecule has 0 unspecified atom stereocenters. The van der Waals surface area contributed by atoms with Crippen LogP contribution in [0.4, 0.5) is 14.6 Å². The van der Waals surface area contributed by atoms with Gasteiger partial charge in [-0.25, -0.2) is 15.0 Å². The van der Waals surface area contributed by atoms with Gasteiger partial charge in [-0.3, -0.25) is 19.1 Å². The highest BCUT2D eigenvalue weighted by Gasteiger charge is 2.33. The predicted octanol–water partition coefficient (Wildman–Crippen LogP) is 1.74. The molecule has 0 aromatic carbocycles. The molecule has 0 saturated heterocycles. The molecule has 4 aromatic rings. The first-order valence-corrected chi connectivity index (χ1v) is 9.98. The summed E-state index contributed by atoms with van der Waals surface area (Å²) in [4.78, 5) is 43.9. The summed E-state index contributed by atoms with van der Waals surface area (Å²) in [6.45, 7) is 0.633. The standard InChI is InChI=1S/C21H20F2N8O2/c1-13-7-26-19(28-11-21(22,23)16-4-2-3-5-24-16)20(33)31(13)10-17(32)25-8-14-6-15-18(27-9-14)30-12-29-15/h2-7,9,12H,8,10-11H2,1H3,(H,25,32)(H,26,28)(H,27,29,30). The smallest absolute Gasteiger partial charge is 0.306 e. The summed E-state index contributed by atoms with van der Waals surface area (Å²) in [5, 5.41) is 5.10. The third-order valence-corrected chi connectivity index (χ3v) is 4.89. The van der Waals surface area contributed by atoms with E-state index in [0.717, 1.165) is 11.1 Å². The van der Waals surface area contributed by atoms with Gasteiger partial charge in [0.05, 0.1) is 18.4 Å². The summed E-state index contributed by atoms with van der Waals surface area (Å²) < 4.78 is 29.9. The van der Waals surface area contributed by atoms with E-state index in [1.807, 2.05) is 6.07 Å². The van der Waals surface area contributed by atoms with Crippen LogP contribution in [0.15, 0.2) is 54.0 Å². The molecule has 12 heteroatoms. The van der Waals surface area contributed by atoms with Crippen LogP contribution in [0, 0.1) is 6.92 Å². The Bertz CT molecular complexity index is 1340. The van der Waals surface area contributed by atoms with Crippen molar-refractivity contribution in [3.63, 3.8) is 0 Å². The summed E-state index contributed by atoms with van der Waals surface area (Å²) >= 11 is 0. The summed E-state index contributed by atoms with van der Waals surface area (Å²) in [6.07, 6.45) is 5.72. The van der Waals surface area contributed by atoms with Crippen molar-refractivity contribution in [2.75, 3.05) is 11.9 Å². The Morgan fingerprint density at radius 3 is 2.82 bits per heavy atom. The van der Waals surface area contributed by atoms with E-state index in [9.17, 15) is 18.4 Å². The lowest BCUT2D eigenvalue weighted by Crippen LogP contribution is -2.36. The fourth-order valence-corrected chi connectivity index (χ4v) is 3.12. The van der Waals surface area contributed by atoms with Gasteiger partial charge in [-0.1, -0.05) is 6.07 Å². The predicted molar refractivity (Wildman–Crippen MR) is 116 cm³/mol. The lowest BCUT2D eigenvalue weighted by Gasteiger charge is -2.17. The number of amides is 1. The molecule has 10 nitrogen and oxygen atoms in total. The molecule has 0 atom stereocenters. The van der Waals surface area contributed by atoms with E-state index in [1.165, 1.54) is 41.5 Å². The van der Waals surface area contributed by atoms with Gasteiger partial charge < -0.3 is 15.6 Å². The second-order valence-corrected chi connectivity index (χ2v) is 7.31. The minimum absolute atomic E-state index is 0.196. The number of carbonyl (C=O) groups is 1. The number of hydrogen-bond acceptors (Lipinski definition) is 7. The van der Waals surface area contributed by atoms with Gasteiger partial charge >= 0.3 is 5.92 Å². The van der Waals surface area contributed by atoms with Gasteiger partial charge in [-0.15, -0.1) is 0 Å². The van der Waals surface area contributed by atoms with Crippen LogP contribution < -0.4 is 16.2 Å². The number of aryl methyl sites for hydroxylation is 1. The Kier molecular flexibility index (Phi) is 6.07. The molecule has 4 aromatic heterocycles. The second-order valence-electron chi connectivity index (χ2n) is 7.31. The van der Waals surface area contributed by atoms with Crippen LogP contribution in [0.25, 0.3) is 11.2 Å². The van der Waals surface area contributed by atoms with Crippen molar-refractivity contribution in [1.29, 1.82) is 0 Å². The van der Waals surface area contributed by atoms with Crippen LogP contribution in [-0.2, 0) is 23.8 Å². The number of aromatic amines is 1. The molecular weight excluding hydrogens is 434 g/mol. The number of nitrogens with one attached hydrogen (secondary N) is 3. The summed E-state index contributed by atoms with van der Waals surface area (Å²) in [7, 11) is 0. The van der Waals surface area contributed by atoms with Crippen LogP contribution in [0.5, 0.6) is 0 Å².